The van der Waals surface area contributed by atoms with Gasteiger partial charge in [-0.25, -0.2) is 4.79 Å². The number of carbonyl (C=O) groups excluding carboxylic acids is 1. The number of amides is 1. The molecule has 0 aliphatic carbocycles. The number of rotatable bonds is 8. The van der Waals surface area contributed by atoms with Gasteiger partial charge in [-0.15, -0.1) is 6.58 Å². The molecule has 1 aliphatic heterocycles. The Labute approximate surface area is 144 Å². The number of carbonyl (C=O) groups is 1. The summed E-state index contributed by atoms with van der Waals surface area (Å²) >= 11 is 0. The van der Waals surface area contributed by atoms with Crippen molar-refractivity contribution in [2.75, 3.05) is 26.2 Å². The van der Waals surface area contributed by atoms with Crippen LogP contribution < -0.4 is 5.32 Å². The van der Waals surface area contributed by atoms with Gasteiger partial charge in [0, 0.05) is 32.3 Å². The summed E-state index contributed by atoms with van der Waals surface area (Å²) < 4.78 is 5.44. The molecule has 1 aromatic carbocycles. The number of ether oxygens (including phenoxy) is 1. The van der Waals surface area contributed by atoms with E-state index in [9.17, 15) is 9.90 Å². The number of nitrogens with one attached hydrogen (secondary N) is 1. The van der Waals surface area contributed by atoms with Crippen molar-refractivity contribution >= 4 is 6.09 Å². The summed E-state index contributed by atoms with van der Waals surface area (Å²) in [6.07, 6.45) is 4.26. The predicted octanol–water partition coefficient (Wildman–Crippen LogP) is 2.56. The first-order valence-electron chi connectivity index (χ1n) is 8.65. The third-order valence-corrected chi connectivity index (χ3v) is 4.45. The highest BCUT2D eigenvalue weighted by atomic mass is 16.6. The van der Waals surface area contributed by atoms with Crippen LogP contribution in [0.25, 0.3) is 0 Å². The monoisotopic (exact) mass is 332 g/mol. The minimum atomic E-state index is -0.255. The first-order chi connectivity index (χ1) is 11.7. The standard InChI is InChI=1S/C19H28N2O3/c1-2-11-20-18(10-13-22)17-9-6-12-21(14-17)19(23)24-15-16-7-4-3-5-8-16/h2-5,7-8,17-18,20,22H,1,6,9-15H2/t17?,18-/m1/s1. The summed E-state index contributed by atoms with van der Waals surface area (Å²) in [6.45, 7) is 6.28. The number of hydrogen-bond donors (Lipinski definition) is 2. The number of aliphatic hydroxyl groups is 1. The highest BCUT2D eigenvalue weighted by Crippen LogP contribution is 2.22. The van der Waals surface area contributed by atoms with E-state index in [1.807, 2.05) is 36.4 Å². The normalized spacial score (nSPS) is 18.9. The lowest BCUT2D eigenvalue weighted by atomic mass is 9.89. The molecule has 2 atom stereocenters. The van der Waals surface area contributed by atoms with Gasteiger partial charge in [-0.05, 0) is 30.7 Å². The van der Waals surface area contributed by atoms with Crippen molar-refractivity contribution in [3.63, 3.8) is 0 Å². The van der Waals surface area contributed by atoms with Crippen molar-refractivity contribution in [2.45, 2.75) is 31.9 Å². The van der Waals surface area contributed by atoms with E-state index < -0.39 is 0 Å². The Morgan fingerprint density at radius 3 is 2.96 bits per heavy atom. The quantitative estimate of drug-likeness (QED) is 0.718. The van der Waals surface area contributed by atoms with Crippen molar-refractivity contribution < 1.29 is 14.6 Å². The summed E-state index contributed by atoms with van der Waals surface area (Å²) in [6, 6.07) is 9.90. The highest BCUT2D eigenvalue weighted by Gasteiger charge is 2.29. The van der Waals surface area contributed by atoms with Crippen LogP contribution in [-0.2, 0) is 11.3 Å². The van der Waals surface area contributed by atoms with Crippen LogP contribution in [0.4, 0.5) is 4.79 Å². The molecule has 1 aromatic rings. The maximum absolute atomic E-state index is 12.3. The van der Waals surface area contributed by atoms with Gasteiger partial charge in [-0.3, -0.25) is 0 Å². The summed E-state index contributed by atoms with van der Waals surface area (Å²) in [7, 11) is 0. The fraction of sp³-hybridized carbons (Fsp3) is 0.526. The van der Waals surface area contributed by atoms with Gasteiger partial charge < -0.3 is 20.1 Å². The van der Waals surface area contributed by atoms with Gasteiger partial charge in [0.2, 0.25) is 0 Å². The maximum atomic E-state index is 12.3. The number of likely N-dealkylation sites (tertiary alicyclic amines) is 1. The Morgan fingerprint density at radius 1 is 1.46 bits per heavy atom. The third kappa shape index (κ3) is 5.65. The van der Waals surface area contributed by atoms with Crippen LogP contribution in [0, 0.1) is 5.92 Å². The molecule has 5 heteroatoms. The van der Waals surface area contributed by atoms with Crippen LogP contribution in [0.15, 0.2) is 43.0 Å². The Kier molecular flexibility index (Phi) is 7.79. The minimum Gasteiger partial charge on any atom is -0.445 e. The zero-order valence-electron chi connectivity index (χ0n) is 14.2. The third-order valence-electron chi connectivity index (χ3n) is 4.45. The lowest BCUT2D eigenvalue weighted by molar-refractivity contribution is 0.0716. The summed E-state index contributed by atoms with van der Waals surface area (Å²) in [5, 5.41) is 12.7. The first-order valence-corrected chi connectivity index (χ1v) is 8.65. The van der Waals surface area contributed by atoms with Crippen LogP contribution in [0.5, 0.6) is 0 Å². The van der Waals surface area contributed by atoms with E-state index in [-0.39, 0.29) is 18.7 Å². The molecule has 132 valence electrons. The molecule has 0 saturated carbocycles. The van der Waals surface area contributed by atoms with Crippen molar-refractivity contribution in [1.82, 2.24) is 10.2 Å². The molecule has 1 saturated heterocycles. The molecule has 0 bridgehead atoms. The second-order valence-corrected chi connectivity index (χ2v) is 6.20. The highest BCUT2D eigenvalue weighted by molar-refractivity contribution is 5.67. The van der Waals surface area contributed by atoms with Gasteiger partial charge in [0.25, 0.3) is 0 Å². The second kappa shape index (κ2) is 10.1. The zero-order valence-corrected chi connectivity index (χ0v) is 14.2. The van der Waals surface area contributed by atoms with E-state index in [1.165, 1.54) is 0 Å². The largest absolute Gasteiger partial charge is 0.445 e. The molecule has 0 aromatic heterocycles. The van der Waals surface area contributed by atoms with E-state index in [2.05, 4.69) is 11.9 Å². The van der Waals surface area contributed by atoms with Crippen LogP contribution >= 0.6 is 0 Å². The van der Waals surface area contributed by atoms with Gasteiger partial charge in [-0.2, -0.15) is 0 Å². The Balaban J connectivity index is 1.86. The van der Waals surface area contributed by atoms with E-state index in [1.54, 1.807) is 4.90 Å². The molecule has 0 spiro atoms. The summed E-state index contributed by atoms with van der Waals surface area (Å²) in [5.74, 6) is 0.329. The van der Waals surface area contributed by atoms with Gasteiger partial charge in [0.1, 0.15) is 6.61 Å². The van der Waals surface area contributed by atoms with Gasteiger partial charge in [0.05, 0.1) is 0 Å². The number of aliphatic hydroxyl groups excluding tert-OH is 1. The SMILES string of the molecule is C=CCN[C@H](CCO)C1CCCN(C(=O)OCc2ccccc2)C1. The Bertz CT molecular complexity index is 507. The Hall–Kier alpha value is -1.85. The topological polar surface area (TPSA) is 61.8 Å². The predicted molar refractivity (Wildman–Crippen MR) is 94.6 cm³/mol. The lowest BCUT2D eigenvalue weighted by Gasteiger charge is -2.36. The van der Waals surface area contributed by atoms with Crippen LogP contribution in [0.3, 0.4) is 0 Å². The maximum Gasteiger partial charge on any atom is 0.410 e. The molecular formula is C19H28N2O3. The molecule has 1 amide bonds. The van der Waals surface area contributed by atoms with Crippen molar-refractivity contribution in [3.05, 3.63) is 48.6 Å². The molecular weight excluding hydrogens is 304 g/mol. The fourth-order valence-electron chi connectivity index (χ4n) is 3.19. The molecule has 2 rings (SSSR count). The minimum absolute atomic E-state index is 0.143. The Morgan fingerprint density at radius 2 is 2.25 bits per heavy atom. The van der Waals surface area contributed by atoms with Crippen LogP contribution in [0.2, 0.25) is 0 Å². The molecule has 1 unspecified atom stereocenters. The van der Waals surface area contributed by atoms with Gasteiger partial charge in [0.15, 0.2) is 0 Å². The summed E-state index contributed by atoms with van der Waals surface area (Å²) in [4.78, 5) is 14.1. The van der Waals surface area contributed by atoms with E-state index in [4.69, 9.17) is 4.74 Å². The molecule has 1 aliphatic rings. The molecule has 1 fully saturated rings. The molecule has 2 N–H and O–H groups in total. The lowest BCUT2D eigenvalue weighted by Crippen LogP contribution is -2.48. The number of piperidine rings is 1. The zero-order chi connectivity index (χ0) is 17.2. The number of hydrogen-bond acceptors (Lipinski definition) is 4. The van der Waals surface area contributed by atoms with Crippen molar-refractivity contribution in [3.8, 4) is 0 Å². The van der Waals surface area contributed by atoms with Crippen molar-refractivity contribution in [1.29, 1.82) is 0 Å². The average molecular weight is 332 g/mol. The molecule has 5 nitrogen and oxygen atoms in total. The average Bonchev–Trinajstić information content (AvgIpc) is 2.64. The van der Waals surface area contributed by atoms with Gasteiger partial charge >= 0.3 is 6.09 Å². The molecule has 24 heavy (non-hydrogen) atoms. The number of benzene rings is 1. The second-order valence-electron chi connectivity index (χ2n) is 6.20. The van der Waals surface area contributed by atoms with E-state index >= 15 is 0 Å². The van der Waals surface area contributed by atoms with E-state index in [0.717, 1.165) is 24.9 Å². The van der Waals surface area contributed by atoms with Gasteiger partial charge in [-0.1, -0.05) is 36.4 Å². The van der Waals surface area contributed by atoms with E-state index in [0.29, 0.717) is 32.0 Å². The van der Waals surface area contributed by atoms with Crippen LogP contribution in [-0.4, -0.2) is 48.4 Å². The fourth-order valence-corrected chi connectivity index (χ4v) is 3.19. The summed E-state index contributed by atoms with van der Waals surface area (Å²) in [5.41, 5.74) is 0.991. The smallest absolute Gasteiger partial charge is 0.410 e. The first kappa shape index (κ1) is 18.5. The van der Waals surface area contributed by atoms with Crippen molar-refractivity contribution in [2.24, 2.45) is 5.92 Å². The molecule has 1 heterocycles. The van der Waals surface area contributed by atoms with Crippen LogP contribution in [0.1, 0.15) is 24.8 Å². The number of nitrogens with zero attached hydrogens (tertiary/aromatic N) is 1. The molecule has 0 radical (unpaired) electrons.